The van der Waals surface area contributed by atoms with Crippen LogP contribution in [0.5, 0.6) is 0 Å². The van der Waals surface area contributed by atoms with Gasteiger partial charge in [-0.2, -0.15) is 13.2 Å². The van der Waals surface area contributed by atoms with Gasteiger partial charge in [0.05, 0.1) is 5.56 Å². The molecule has 2 N–H and O–H groups in total. The number of fused-ring (bicyclic) bond motifs is 1. The number of esters is 1. The summed E-state index contributed by atoms with van der Waals surface area (Å²) in [5.74, 6) is -2.06. The number of hydrogen-bond acceptors (Lipinski definition) is 4. The highest BCUT2D eigenvalue weighted by Crippen LogP contribution is 2.45. The Kier molecular flexibility index (Phi) is 7.10. The van der Waals surface area contributed by atoms with Gasteiger partial charge in [0, 0.05) is 17.7 Å². The first-order valence-electron chi connectivity index (χ1n) is 12.3. The van der Waals surface area contributed by atoms with Crippen molar-refractivity contribution in [3.8, 4) is 0 Å². The average Bonchev–Trinajstić information content (AvgIpc) is 3.18. The quantitative estimate of drug-likeness (QED) is 0.447. The molecule has 202 valence electrons. The van der Waals surface area contributed by atoms with E-state index >= 15 is 0 Å². The number of nitrogens with one attached hydrogen (secondary N) is 1. The predicted octanol–water partition coefficient (Wildman–Crippen LogP) is 6.42. The summed E-state index contributed by atoms with van der Waals surface area (Å²) < 4.78 is 48.6. The third-order valence-corrected chi connectivity index (χ3v) is 8.45. The van der Waals surface area contributed by atoms with Crippen LogP contribution in [-0.4, -0.2) is 28.8 Å². The third-order valence-electron chi connectivity index (χ3n) is 8.45. The van der Waals surface area contributed by atoms with Crippen molar-refractivity contribution >= 4 is 17.6 Å². The maximum absolute atomic E-state index is 14.5. The van der Waals surface area contributed by atoms with Gasteiger partial charge in [0.2, 0.25) is 5.60 Å². The van der Waals surface area contributed by atoms with E-state index in [2.05, 4.69) is 5.32 Å². The zero-order valence-electron chi connectivity index (χ0n) is 23.2. The first-order valence-corrected chi connectivity index (χ1v) is 12.3. The molecule has 0 bridgehead atoms. The molecule has 1 amide bonds. The van der Waals surface area contributed by atoms with Crippen molar-refractivity contribution in [3.05, 3.63) is 61.2 Å². The number of aliphatic hydroxyl groups is 1. The van der Waals surface area contributed by atoms with Crippen molar-refractivity contribution in [2.24, 2.45) is 0 Å². The van der Waals surface area contributed by atoms with E-state index in [4.69, 9.17) is 4.74 Å². The van der Waals surface area contributed by atoms with Crippen LogP contribution in [0.25, 0.3) is 0 Å². The predicted molar refractivity (Wildman–Crippen MR) is 137 cm³/mol. The number of alkyl halides is 3. The Morgan fingerprint density at radius 2 is 1.32 bits per heavy atom. The van der Waals surface area contributed by atoms with E-state index in [1.54, 1.807) is 34.6 Å². The van der Waals surface area contributed by atoms with Gasteiger partial charge in [-0.05, 0) is 111 Å². The summed E-state index contributed by atoms with van der Waals surface area (Å²) in [5, 5.41) is 13.5. The topological polar surface area (TPSA) is 75.6 Å². The normalized spacial score (nSPS) is 15.4. The van der Waals surface area contributed by atoms with Crippen LogP contribution >= 0.6 is 0 Å². The Morgan fingerprint density at radius 3 is 1.81 bits per heavy atom. The summed E-state index contributed by atoms with van der Waals surface area (Å²) in [6.45, 7) is 17.7. The van der Waals surface area contributed by atoms with Gasteiger partial charge in [0.15, 0.2) is 0 Å². The average molecular weight is 520 g/mol. The lowest BCUT2D eigenvalue weighted by molar-refractivity contribution is -0.254. The molecule has 1 aliphatic rings. The standard InChI is InChI=1S/C29H36F3NO4/c1-13-14(2)17(5)23(18(6)15(13)3)27(9,10)12-28(36,29(30,31)32)26(35)33-24-19(7)16(4)22-21(20(24)8)11-37-25(22)34/h36H,11-12H2,1-10H3,(H,33,35). The molecule has 1 heterocycles. The highest BCUT2D eigenvalue weighted by Gasteiger charge is 2.61. The van der Waals surface area contributed by atoms with E-state index < -0.39 is 35.5 Å². The summed E-state index contributed by atoms with van der Waals surface area (Å²) in [6, 6.07) is 0. The number of carbonyl (C=O) groups is 2. The van der Waals surface area contributed by atoms with Gasteiger partial charge in [-0.25, -0.2) is 4.79 Å². The summed E-state index contributed by atoms with van der Waals surface area (Å²) in [4.78, 5) is 25.5. The van der Waals surface area contributed by atoms with Crippen molar-refractivity contribution < 1.29 is 32.6 Å². The van der Waals surface area contributed by atoms with Crippen molar-refractivity contribution in [1.82, 2.24) is 0 Å². The Hall–Kier alpha value is -2.87. The molecule has 5 nitrogen and oxygen atoms in total. The Morgan fingerprint density at radius 1 is 0.838 bits per heavy atom. The lowest BCUT2D eigenvalue weighted by Gasteiger charge is -2.39. The van der Waals surface area contributed by atoms with Crippen molar-refractivity contribution in [3.63, 3.8) is 0 Å². The molecule has 1 aliphatic heterocycles. The van der Waals surface area contributed by atoms with Crippen LogP contribution in [0.15, 0.2) is 0 Å². The van der Waals surface area contributed by atoms with Crippen LogP contribution in [0.4, 0.5) is 18.9 Å². The fourth-order valence-corrected chi connectivity index (χ4v) is 5.84. The largest absolute Gasteiger partial charge is 0.457 e. The van der Waals surface area contributed by atoms with Gasteiger partial charge in [-0.1, -0.05) is 13.8 Å². The molecule has 3 rings (SSSR count). The van der Waals surface area contributed by atoms with E-state index in [0.717, 1.165) is 27.8 Å². The molecule has 0 fully saturated rings. The van der Waals surface area contributed by atoms with Crippen LogP contribution in [0.1, 0.15) is 86.3 Å². The minimum absolute atomic E-state index is 0.0226. The van der Waals surface area contributed by atoms with Gasteiger partial charge < -0.3 is 15.2 Å². The summed E-state index contributed by atoms with van der Waals surface area (Å²) in [7, 11) is 0. The second kappa shape index (κ2) is 9.15. The molecule has 0 saturated heterocycles. The molecule has 2 aromatic rings. The third kappa shape index (κ3) is 4.43. The van der Waals surface area contributed by atoms with Gasteiger partial charge in [0.1, 0.15) is 6.61 Å². The molecule has 8 heteroatoms. The monoisotopic (exact) mass is 519 g/mol. The van der Waals surface area contributed by atoms with Crippen LogP contribution in [0.2, 0.25) is 0 Å². The van der Waals surface area contributed by atoms with Gasteiger partial charge >= 0.3 is 12.1 Å². The molecule has 0 saturated carbocycles. The van der Waals surface area contributed by atoms with Crippen LogP contribution in [-0.2, 0) is 21.6 Å². The van der Waals surface area contributed by atoms with Crippen LogP contribution in [0, 0.1) is 55.4 Å². The first-order chi connectivity index (χ1) is 16.8. The molecule has 0 aliphatic carbocycles. The van der Waals surface area contributed by atoms with E-state index in [-0.39, 0.29) is 12.3 Å². The van der Waals surface area contributed by atoms with Crippen LogP contribution < -0.4 is 5.32 Å². The summed E-state index contributed by atoms with van der Waals surface area (Å²) in [6.07, 6.45) is -6.11. The SMILES string of the molecule is Cc1c(C)c(C)c(C(C)(C)CC(O)(C(=O)Nc2c(C)c(C)c3c(c2C)COC3=O)C(F)(F)F)c(C)c1C. The molecule has 2 aromatic carbocycles. The smallest absolute Gasteiger partial charge is 0.426 e. The molecule has 1 atom stereocenters. The number of hydrogen-bond donors (Lipinski definition) is 2. The number of ether oxygens (including phenoxy) is 1. The maximum atomic E-state index is 14.5. The molecular formula is C29H36F3NO4. The van der Waals surface area contributed by atoms with Crippen molar-refractivity contribution in [2.75, 3.05) is 5.32 Å². The number of benzene rings is 2. The molecule has 1 unspecified atom stereocenters. The molecular weight excluding hydrogens is 483 g/mol. The molecule has 0 aromatic heterocycles. The highest BCUT2D eigenvalue weighted by atomic mass is 19.4. The Labute approximate surface area is 216 Å². The maximum Gasteiger partial charge on any atom is 0.426 e. The number of amides is 1. The van der Waals surface area contributed by atoms with E-state index in [1.165, 1.54) is 0 Å². The minimum atomic E-state index is -5.24. The lowest BCUT2D eigenvalue weighted by Crippen LogP contribution is -2.57. The fraction of sp³-hybridized carbons (Fsp3) is 0.517. The summed E-state index contributed by atoms with van der Waals surface area (Å²) >= 11 is 0. The number of halogens is 3. The highest BCUT2D eigenvalue weighted by molar-refractivity contribution is 6.02. The number of anilines is 1. The van der Waals surface area contributed by atoms with Crippen molar-refractivity contribution in [1.29, 1.82) is 0 Å². The van der Waals surface area contributed by atoms with Crippen LogP contribution in [0.3, 0.4) is 0 Å². The number of rotatable bonds is 5. The van der Waals surface area contributed by atoms with Gasteiger partial charge in [-0.15, -0.1) is 0 Å². The van der Waals surface area contributed by atoms with E-state index in [1.807, 2.05) is 34.6 Å². The Balaban J connectivity index is 2.11. The summed E-state index contributed by atoms with van der Waals surface area (Å²) in [5.41, 5.74) is 3.00. The zero-order valence-corrected chi connectivity index (χ0v) is 23.2. The molecule has 0 radical (unpaired) electrons. The minimum Gasteiger partial charge on any atom is -0.457 e. The number of cyclic esters (lactones) is 1. The molecule has 37 heavy (non-hydrogen) atoms. The zero-order chi connectivity index (χ0) is 28.4. The van der Waals surface area contributed by atoms with Gasteiger partial charge in [0.25, 0.3) is 5.91 Å². The Bertz CT molecular complexity index is 1300. The first kappa shape index (κ1) is 28.7. The second-order valence-electron chi connectivity index (χ2n) is 11.1. The van der Waals surface area contributed by atoms with E-state index in [9.17, 15) is 27.9 Å². The van der Waals surface area contributed by atoms with E-state index in [0.29, 0.717) is 33.4 Å². The second-order valence-corrected chi connectivity index (χ2v) is 11.1. The fourth-order valence-electron chi connectivity index (χ4n) is 5.84. The lowest BCUT2D eigenvalue weighted by atomic mass is 9.69. The van der Waals surface area contributed by atoms with Gasteiger partial charge in [-0.3, -0.25) is 4.79 Å². The molecule has 0 spiro atoms. The van der Waals surface area contributed by atoms with Crippen molar-refractivity contribution in [2.45, 2.75) is 99.5 Å². The number of carbonyl (C=O) groups excluding carboxylic acids is 2.